The van der Waals surface area contributed by atoms with Crippen molar-refractivity contribution in [3.63, 3.8) is 0 Å². The second kappa shape index (κ2) is 11.5. The Morgan fingerprint density at radius 3 is 2.52 bits per heavy atom. The summed E-state index contributed by atoms with van der Waals surface area (Å²) in [5.41, 5.74) is 3.78. The number of ether oxygens (including phenoxy) is 2. The van der Waals surface area contributed by atoms with Crippen LogP contribution in [0.15, 0.2) is 18.3 Å². The third-order valence-electron chi connectivity index (χ3n) is 9.91. The molecule has 228 valence electrons. The molecule has 1 aliphatic heterocycles. The van der Waals surface area contributed by atoms with Gasteiger partial charge in [0.1, 0.15) is 11.7 Å². The van der Waals surface area contributed by atoms with Crippen molar-refractivity contribution in [1.82, 2.24) is 25.0 Å². The smallest absolute Gasteiger partial charge is 0.407 e. The number of aryl methyl sites for hydroxylation is 2. The summed E-state index contributed by atoms with van der Waals surface area (Å²) in [6, 6.07) is 4.02. The van der Waals surface area contributed by atoms with E-state index < -0.39 is 5.60 Å². The van der Waals surface area contributed by atoms with Crippen LogP contribution in [0.1, 0.15) is 106 Å². The van der Waals surface area contributed by atoms with Crippen molar-refractivity contribution in [2.75, 3.05) is 13.1 Å². The molecule has 42 heavy (non-hydrogen) atoms. The molecule has 4 aliphatic rings. The molecule has 6 rings (SSSR count). The molecule has 0 radical (unpaired) electrons. The lowest BCUT2D eigenvalue weighted by atomic mass is 9.85. The Morgan fingerprint density at radius 2 is 1.83 bits per heavy atom. The summed E-state index contributed by atoms with van der Waals surface area (Å²) in [6.07, 6.45) is 9.66. The van der Waals surface area contributed by atoms with Crippen LogP contribution in [0.25, 0.3) is 0 Å². The average Bonchev–Trinajstić information content (AvgIpc) is 3.25. The van der Waals surface area contributed by atoms with Gasteiger partial charge in [0.05, 0.1) is 0 Å². The van der Waals surface area contributed by atoms with Crippen LogP contribution in [0.2, 0.25) is 0 Å². The van der Waals surface area contributed by atoms with Crippen molar-refractivity contribution in [2.24, 2.45) is 17.8 Å². The van der Waals surface area contributed by atoms with E-state index >= 15 is 0 Å². The van der Waals surface area contributed by atoms with Gasteiger partial charge in [0.25, 0.3) is 5.91 Å². The highest BCUT2D eigenvalue weighted by Crippen LogP contribution is 2.62. The van der Waals surface area contributed by atoms with E-state index in [2.05, 4.69) is 21.9 Å². The molecule has 3 fully saturated rings. The molecule has 2 amide bonds. The lowest BCUT2D eigenvalue weighted by Crippen LogP contribution is -2.47. The van der Waals surface area contributed by atoms with Crippen molar-refractivity contribution >= 4 is 12.0 Å². The first-order chi connectivity index (χ1) is 20.1. The Morgan fingerprint density at radius 1 is 1.10 bits per heavy atom. The van der Waals surface area contributed by atoms with Gasteiger partial charge in [-0.2, -0.15) is 5.10 Å². The molecule has 2 saturated carbocycles. The number of aromatic nitrogens is 3. The quantitative estimate of drug-likeness (QED) is 0.457. The average molecular weight is 578 g/mol. The minimum absolute atomic E-state index is 0.0217. The van der Waals surface area contributed by atoms with E-state index in [1.54, 1.807) is 6.20 Å². The Hall–Kier alpha value is -3.10. The molecule has 0 aromatic carbocycles. The van der Waals surface area contributed by atoms with Gasteiger partial charge in [-0.3, -0.25) is 9.48 Å². The van der Waals surface area contributed by atoms with Crippen molar-refractivity contribution in [3.8, 4) is 5.88 Å². The van der Waals surface area contributed by atoms with E-state index in [0.717, 1.165) is 69.4 Å². The number of alkyl carbamates (subject to hydrolysis) is 1. The summed E-state index contributed by atoms with van der Waals surface area (Å²) >= 11 is 0. The number of amides is 2. The second-order valence-electron chi connectivity index (χ2n) is 14.1. The minimum atomic E-state index is -0.523. The number of rotatable bonds is 7. The predicted octanol–water partition coefficient (Wildman–Crippen LogP) is 5.65. The van der Waals surface area contributed by atoms with Crippen molar-refractivity contribution in [1.29, 1.82) is 0 Å². The Balaban J connectivity index is 1.04. The molecule has 0 spiro atoms. The molecule has 2 unspecified atom stereocenters. The van der Waals surface area contributed by atoms with Gasteiger partial charge in [0.15, 0.2) is 5.69 Å². The van der Waals surface area contributed by atoms with E-state index in [9.17, 15) is 9.59 Å². The summed E-state index contributed by atoms with van der Waals surface area (Å²) in [5, 5.41) is 7.97. The topological polar surface area (TPSA) is 98.6 Å². The van der Waals surface area contributed by atoms with Gasteiger partial charge in [-0.1, -0.05) is 13.0 Å². The zero-order valence-corrected chi connectivity index (χ0v) is 25.9. The van der Waals surface area contributed by atoms with E-state index in [1.165, 1.54) is 11.3 Å². The third-order valence-corrected chi connectivity index (χ3v) is 9.91. The maximum atomic E-state index is 13.8. The maximum absolute atomic E-state index is 13.8. The van der Waals surface area contributed by atoms with Crippen molar-refractivity contribution in [2.45, 2.75) is 116 Å². The van der Waals surface area contributed by atoms with Gasteiger partial charge in [-0.15, -0.1) is 0 Å². The molecule has 3 heterocycles. The standard InChI is InChI=1S/C33H47N5O4/c1-20-7-6-15-34-30(20)41-24-10-8-22(9-11-24)12-18-38-26-19-25-21(2)27(25)28(26)29(36-38)31(39)37-16-13-23(14-17-37)35-32(40)42-33(3,4)5/h6-7,15,21-25,27H,8-14,16-19H2,1-5H3,(H,35,40)/t21-,22-,24+,25?,27?/m1/s1. The largest absolute Gasteiger partial charge is 0.474 e. The number of nitrogens with zero attached hydrogens (tertiary/aromatic N) is 4. The number of hydrogen-bond acceptors (Lipinski definition) is 6. The molecule has 9 heteroatoms. The molecule has 2 aromatic heterocycles. The highest BCUT2D eigenvalue weighted by atomic mass is 16.6. The number of piperidine rings is 1. The first-order valence-corrected chi connectivity index (χ1v) is 16.0. The monoisotopic (exact) mass is 577 g/mol. The van der Waals surface area contributed by atoms with E-state index in [-0.39, 0.29) is 24.1 Å². The first kappa shape index (κ1) is 29.0. The fraction of sp³-hybridized carbons (Fsp3) is 0.697. The molecule has 3 atom stereocenters. The Kier molecular flexibility index (Phi) is 7.96. The lowest BCUT2D eigenvalue weighted by Gasteiger charge is -2.32. The van der Waals surface area contributed by atoms with Crippen LogP contribution in [0.5, 0.6) is 5.88 Å². The molecule has 9 nitrogen and oxygen atoms in total. The van der Waals surface area contributed by atoms with E-state index in [0.29, 0.717) is 42.5 Å². The molecule has 1 N–H and O–H groups in total. The summed E-state index contributed by atoms with van der Waals surface area (Å²) in [5.74, 6) is 3.27. The molecule has 1 saturated heterocycles. The lowest BCUT2D eigenvalue weighted by molar-refractivity contribution is 0.0473. The highest BCUT2D eigenvalue weighted by molar-refractivity contribution is 5.95. The third kappa shape index (κ3) is 6.16. The van der Waals surface area contributed by atoms with Crippen LogP contribution >= 0.6 is 0 Å². The van der Waals surface area contributed by atoms with Gasteiger partial charge in [0.2, 0.25) is 5.88 Å². The summed E-state index contributed by atoms with van der Waals surface area (Å²) in [7, 11) is 0. The van der Waals surface area contributed by atoms with Crippen LogP contribution in [-0.2, 0) is 17.7 Å². The van der Waals surface area contributed by atoms with Gasteiger partial charge >= 0.3 is 6.09 Å². The number of fused-ring (bicyclic) bond motifs is 3. The summed E-state index contributed by atoms with van der Waals surface area (Å²) in [4.78, 5) is 32.3. The normalized spacial score (nSPS) is 27.3. The fourth-order valence-electron chi connectivity index (χ4n) is 7.42. The number of hydrogen-bond donors (Lipinski definition) is 1. The van der Waals surface area contributed by atoms with Crippen LogP contribution in [-0.4, -0.2) is 62.5 Å². The zero-order valence-electron chi connectivity index (χ0n) is 25.9. The van der Waals surface area contributed by atoms with Gasteiger partial charge in [-0.05, 0) is 109 Å². The number of nitrogens with one attached hydrogen (secondary N) is 1. The fourth-order valence-corrected chi connectivity index (χ4v) is 7.42. The van der Waals surface area contributed by atoms with E-state index in [1.807, 2.05) is 44.7 Å². The van der Waals surface area contributed by atoms with Gasteiger partial charge in [0, 0.05) is 48.7 Å². The number of carbonyl (C=O) groups is 2. The number of pyridine rings is 1. The van der Waals surface area contributed by atoms with Crippen LogP contribution in [0.4, 0.5) is 4.79 Å². The SMILES string of the molecule is Cc1cccnc1O[C@H]1CC[C@@H](CCn2nc(C(=O)N3CCC(NC(=O)OC(C)(C)C)CC3)c3c2CC2C3[C@@H]2C)CC1. The van der Waals surface area contributed by atoms with Crippen LogP contribution < -0.4 is 10.1 Å². The van der Waals surface area contributed by atoms with Crippen molar-refractivity contribution < 1.29 is 19.1 Å². The first-order valence-electron chi connectivity index (χ1n) is 16.0. The van der Waals surface area contributed by atoms with Gasteiger partial charge < -0.3 is 19.7 Å². The predicted molar refractivity (Wildman–Crippen MR) is 160 cm³/mol. The minimum Gasteiger partial charge on any atom is -0.474 e. The maximum Gasteiger partial charge on any atom is 0.407 e. The summed E-state index contributed by atoms with van der Waals surface area (Å²) < 4.78 is 13.8. The second-order valence-corrected chi connectivity index (χ2v) is 14.1. The van der Waals surface area contributed by atoms with E-state index in [4.69, 9.17) is 14.6 Å². The van der Waals surface area contributed by atoms with Crippen LogP contribution in [0, 0.1) is 24.7 Å². The molecular weight excluding hydrogens is 530 g/mol. The highest BCUT2D eigenvalue weighted by Gasteiger charge is 2.56. The zero-order chi connectivity index (χ0) is 29.6. The Bertz CT molecular complexity index is 1300. The summed E-state index contributed by atoms with van der Waals surface area (Å²) in [6.45, 7) is 12.1. The molecule has 2 aromatic rings. The molecule has 3 aliphatic carbocycles. The van der Waals surface area contributed by atoms with Crippen molar-refractivity contribution in [3.05, 3.63) is 40.8 Å². The molecular formula is C33H47N5O4. The van der Waals surface area contributed by atoms with Gasteiger partial charge in [-0.25, -0.2) is 9.78 Å². The van der Waals surface area contributed by atoms with Crippen LogP contribution in [0.3, 0.4) is 0 Å². The number of likely N-dealkylation sites (tertiary alicyclic amines) is 1. The molecule has 0 bridgehead atoms. The Labute approximate surface area is 249 Å². The number of carbonyl (C=O) groups excluding carboxylic acids is 2.